The van der Waals surface area contributed by atoms with Crippen molar-refractivity contribution >= 4 is 34.8 Å². The Balaban J connectivity index is 2.03. The van der Waals surface area contributed by atoms with Crippen LogP contribution < -0.4 is 5.73 Å². The molecule has 0 aliphatic rings. The lowest BCUT2D eigenvalue weighted by atomic mass is 10.1. The van der Waals surface area contributed by atoms with E-state index in [1.807, 2.05) is 12.3 Å². The Morgan fingerprint density at radius 3 is 2.64 bits per heavy atom. The molecule has 0 saturated carbocycles. The summed E-state index contributed by atoms with van der Waals surface area (Å²) in [6.07, 6.45) is 12.0. The van der Waals surface area contributed by atoms with E-state index < -0.39 is 5.91 Å². The Hall–Kier alpha value is -2.67. The van der Waals surface area contributed by atoms with E-state index >= 15 is 0 Å². The Morgan fingerprint density at radius 1 is 1.23 bits per heavy atom. The molecule has 1 amide bonds. The van der Waals surface area contributed by atoms with Crippen LogP contribution in [0.5, 0.6) is 0 Å². The second kappa shape index (κ2) is 5.98. The molecule has 3 rings (SSSR count). The first-order chi connectivity index (χ1) is 10.7. The summed E-state index contributed by atoms with van der Waals surface area (Å²) in [5.74, 6) is -0.487. The van der Waals surface area contributed by atoms with Gasteiger partial charge in [0.05, 0.1) is 0 Å². The highest BCUT2D eigenvalue weighted by Crippen LogP contribution is 2.25. The first-order valence-electron chi connectivity index (χ1n) is 6.48. The summed E-state index contributed by atoms with van der Waals surface area (Å²) < 4.78 is 0. The lowest BCUT2D eigenvalue weighted by molar-refractivity contribution is -0.113. The van der Waals surface area contributed by atoms with E-state index in [0.29, 0.717) is 0 Å². The first-order valence-corrected chi connectivity index (χ1v) is 7.71. The van der Waals surface area contributed by atoms with Crippen LogP contribution in [-0.4, -0.2) is 32.1 Å². The first kappa shape index (κ1) is 14.3. The number of H-pyrrole nitrogens is 1. The van der Waals surface area contributed by atoms with E-state index in [2.05, 4.69) is 19.9 Å². The van der Waals surface area contributed by atoms with Crippen molar-refractivity contribution in [2.24, 2.45) is 5.73 Å². The lowest BCUT2D eigenvalue weighted by Crippen LogP contribution is -2.04. The minimum absolute atomic E-state index is 0.487. The summed E-state index contributed by atoms with van der Waals surface area (Å²) in [4.78, 5) is 26.8. The lowest BCUT2D eigenvalue weighted by Gasteiger charge is -2.02. The van der Waals surface area contributed by atoms with Gasteiger partial charge in [-0.2, -0.15) is 0 Å². The zero-order valence-corrected chi connectivity index (χ0v) is 12.6. The molecule has 3 aromatic rings. The molecule has 3 aromatic heterocycles. The average molecular weight is 311 g/mol. The van der Waals surface area contributed by atoms with Gasteiger partial charge in [0.2, 0.25) is 5.91 Å². The number of primary amides is 1. The van der Waals surface area contributed by atoms with Crippen molar-refractivity contribution < 1.29 is 4.79 Å². The van der Waals surface area contributed by atoms with E-state index in [1.165, 1.54) is 17.8 Å². The standard InChI is InChI=1S/C15H13N5OS/c1-22-15-19-7-11(8-20-15)10-4-12-9(2-3-13(16)21)5-17-14(12)18-6-10/h2-8H,1H3,(H2,16,21)(H,17,18). The number of aromatic amines is 1. The summed E-state index contributed by atoms with van der Waals surface area (Å²) >= 11 is 1.49. The number of amides is 1. The van der Waals surface area contributed by atoms with Gasteiger partial charge in [-0.3, -0.25) is 4.79 Å². The summed E-state index contributed by atoms with van der Waals surface area (Å²) in [7, 11) is 0. The van der Waals surface area contributed by atoms with Crippen LogP contribution in [0.4, 0.5) is 0 Å². The van der Waals surface area contributed by atoms with Crippen molar-refractivity contribution in [1.82, 2.24) is 19.9 Å². The molecule has 0 atom stereocenters. The number of thioether (sulfide) groups is 1. The number of hydrogen-bond donors (Lipinski definition) is 2. The maximum Gasteiger partial charge on any atom is 0.241 e. The summed E-state index contributed by atoms with van der Waals surface area (Å²) in [5.41, 5.74) is 8.53. The molecular weight excluding hydrogens is 298 g/mol. The topological polar surface area (TPSA) is 97.5 Å². The monoisotopic (exact) mass is 311 g/mol. The largest absolute Gasteiger partial charge is 0.366 e. The van der Waals surface area contributed by atoms with E-state index in [0.717, 1.165) is 32.9 Å². The molecular formula is C15H13N5OS. The number of fused-ring (bicyclic) bond motifs is 1. The Labute approximate surface area is 130 Å². The van der Waals surface area contributed by atoms with Crippen molar-refractivity contribution in [1.29, 1.82) is 0 Å². The zero-order chi connectivity index (χ0) is 15.5. The number of hydrogen-bond acceptors (Lipinski definition) is 5. The van der Waals surface area contributed by atoms with Crippen molar-refractivity contribution in [3.05, 3.63) is 42.5 Å². The van der Waals surface area contributed by atoms with Crippen LogP contribution in [0, 0.1) is 0 Å². The summed E-state index contributed by atoms with van der Waals surface area (Å²) in [5, 5.41) is 1.63. The molecule has 3 heterocycles. The summed E-state index contributed by atoms with van der Waals surface area (Å²) in [6.45, 7) is 0. The smallest absolute Gasteiger partial charge is 0.241 e. The molecule has 0 aliphatic carbocycles. The van der Waals surface area contributed by atoms with Crippen molar-refractivity contribution in [3.8, 4) is 11.1 Å². The van der Waals surface area contributed by atoms with Crippen LogP contribution in [0.1, 0.15) is 5.56 Å². The molecule has 0 bridgehead atoms. The molecule has 110 valence electrons. The molecule has 0 saturated heterocycles. The third kappa shape index (κ3) is 2.84. The third-order valence-electron chi connectivity index (χ3n) is 3.13. The fraction of sp³-hybridized carbons (Fsp3) is 0.0667. The highest BCUT2D eigenvalue weighted by atomic mass is 32.2. The van der Waals surface area contributed by atoms with E-state index in [4.69, 9.17) is 5.73 Å². The number of nitrogens with two attached hydrogens (primary N) is 1. The molecule has 0 spiro atoms. The van der Waals surface area contributed by atoms with Gasteiger partial charge in [-0.1, -0.05) is 11.8 Å². The van der Waals surface area contributed by atoms with Crippen LogP contribution >= 0.6 is 11.8 Å². The van der Waals surface area contributed by atoms with Gasteiger partial charge < -0.3 is 10.7 Å². The molecule has 0 radical (unpaired) electrons. The molecule has 6 nitrogen and oxygen atoms in total. The molecule has 0 aromatic carbocycles. The van der Waals surface area contributed by atoms with Crippen LogP contribution in [-0.2, 0) is 4.79 Å². The van der Waals surface area contributed by atoms with Crippen molar-refractivity contribution in [2.75, 3.05) is 6.26 Å². The van der Waals surface area contributed by atoms with Crippen LogP contribution in [0.25, 0.3) is 28.2 Å². The van der Waals surface area contributed by atoms with Gasteiger partial charge >= 0.3 is 0 Å². The van der Waals surface area contributed by atoms with Gasteiger partial charge in [0.15, 0.2) is 5.16 Å². The van der Waals surface area contributed by atoms with Gasteiger partial charge in [-0.25, -0.2) is 15.0 Å². The van der Waals surface area contributed by atoms with Gasteiger partial charge in [0, 0.05) is 52.9 Å². The number of rotatable bonds is 4. The number of pyridine rings is 1. The van der Waals surface area contributed by atoms with Crippen LogP contribution in [0.3, 0.4) is 0 Å². The minimum Gasteiger partial charge on any atom is -0.366 e. The molecule has 7 heteroatoms. The van der Waals surface area contributed by atoms with E-state index in [-0.39, 0.29) is 0 Å². The predicted octanol–water partition coefficient (Wildman–Crippen LogP) is 2.24. The Morgan fingerprint density at radius 2 is 1.95 bits per heavy atom. The maximum absolute atomic E-state index is 10.9. The number of aromatic nitrogens is 4. The Kier molecular flexibility index (Phi) is 3.88. The summed E-state index contributed by atoms with van der Waals surface area (Å²) in [6, 6.07) is 1.98. The minimum atomic E-state index is -0.487. The molecule has 22 heavy (non-hydrogen) atoms. The van der Waals surface area contributed by atoms with Gasteiger partial charge in [0.1, 0.15) is 5.65 Å². The SMILES string of the molecule is CSc1ncc(-c2cnc3[nH]cc(C=CC(N)=O)c3c2)cn1. The van der Waals surface area contributed by atoms with E-state index in [1.54, 1.807) is 30.9 Å². The second-order valence-corrected chi connectivity index (χ2v) is 5.33. The predicted molar refractivity (Wildman–Crippen MR) is 87.1 cm³/mol. The average Bonchev–Trinajstić information content (AvgIpc) is 2.95. The molecule has 3 N–H and O–H groups in total. The normalized spacial score (nSPS) is 11.3. The molecule has 0 aliphatic heterocycles. The number of nitrogens with zero attached hydrogens (tertiary/aromatic N) is 3. The number of nitrogens with one attached hydrogen (secondary N) is 1. The van der Waals surface area contributed by atoms with E-state index in [9.17, 15) is 4.79 Å². The molecule has 0 fully saturated rings. The van der Waals surface area contributed by atoms with Crippen LogP contribution in [0.15, 0.2) is 42.1 Å². The quantitative estimate of drug-likeness (QED) is 0.437. The highest BCUT2D eigenvalue weighted by molar-refractivity contribution is 7.98. The zero-order valence-electron chi connectivity index (χ0n) is 11.8. The van der Waals surface area contributed by atoms with Gasteiger partial charge in [-0.05, 0) is 18.4 Å². The van der Waals surface area contributed by atoms with Gasteiger partial charge in [0.25, 0.3) is 0 Å². The fourth-order valence-corrected chi connectivity index (χ4v) is 2.38. The van der Waals surface area contributed by atoms with Crippen molar-refractivity contribution in [2.45, 2.75) is 5.16 Å². The fourth-order valence-electron chi connectivity index (χ4n) is 2.06. The van der Waals surface area contributed by atoms with Crippen molar-refractivity contribution in [3.63, 3.8) is 0 Å². The number of carbonyl (C=O) groups excluding carboxylic acids is 1. The van der Waals surface area contributed by atoms with Crippen LogP contribution in [0.2, 0.25) is 0 Å². The molecule has 0 unspecified atom stereocenters. The Bertz CT molecular complexity index is 854. The van der Waals surface area contributed by atoms with Gasteiger partial charge in [-0.15, -0.1) is 0 Å². The highest BCUT2D eigenvalue weighted by Gasteiger charge is 2.06. The number of carbonyl (C=O) groups is 1. The third-order valence-corrected chi connectivity index (χ3v) is 3.71. The maximum atomic E-state index is 10.9. The second-order valence-electron chi connectivity index (χ2n) is 4.56.